The van der Waals surface area contributed by atoms with Crippen molar-refractivity contribution in [2.24, 2.45) is 11.8 Å². The number of benzene rings is 1. The summed E-state index contributed by atoms with van der Waals surface area (Å²) >= 11 is 0. The van der Waals surface area contributed by atoms with Crippen molar-refractivity contribution in [3.8, 4) is 0 Å². The maximum absolute atomic E-state index is 14.0. The summed E-state index contributed by atoms with van der Waals surface area (Å²) in [5.41, 5.74) is 1.59. The minimum absolute atomic E-state index is 0.154. The number of nitrogens with one attached hydrogen (secondary N) is 2. The summed E-state index contributed by atoms with van der Waals surface area (Å²) in [6, 6.07) is 4.86. The van der Waals surface area contributed by atoms with E-state index in [2.05, 4.69) is 25.5 Å². The Morgan fingerprint density at radius 3 is 2.61 bits per heavy atom. The van der Waals surface area contributed by atoms with Gasteiger partial charge in [0, 0.05) is 31.9 Å². The van der Waals surface area contributed by atoms with Gasteiger partial charge in [-0.2, -0.15) is 4.98 Å². The van der Waals surface area contributed by atoms with Crippen molar-refractivity contribution < 1.29 is 28.1 Å². The van der Waals surface area contributed by atoms with Crippen LogP contribution in [-0.2, 0) is 15.6 Å². The van der Waals surface area contributed by atoms with Crippen LogP contribution in [0.1, 0.15) is 53.6 Å². The van der Waals surface area contributed by atoms with Crippen LogP contribution in [0.4, 0.5) is 16.2 Å². The van der Waals surface area contributed by atoms with E-state index >= 15 is 0 Å². The number of nitrogens with zero attached hydrogens (tertiary/aromatic N) is 3. The lowest BCUT2D eigenvalue weighted by Crippen LogP contribution is -2.39. The molecule has 2 saturated carbocycles. The number of aromatic nitrogens is 2. The van der Waals surface area contributed by atoms with Gasteiger partial charge in [-0.3, -0.25) is 9.32 Å². The second kappa shape index (κ2) is 10.0. The number of anilines is 2. The van der Waals surface area contributed by atoms with Crippen LogP contribution in [-0.4, -0.2) is 50.9 Å². The Hall–Kier alpha value is -2.59. The molecule has 0 bridgehead atoms. The summed E-state index contributed by atoms with van der Waals surface area (Å²) in [6.07, 6.45) is 4.21. The molecule has 1 amide bonds. The first-order valence-corrected chi connectivity index (χ1v) is 13.8. The van der Waals surface area contributed by atoms with Gasteiger partial charge in [0.1, 0.15) is 17.2 Å². The van der Waals surface area contributed by atoms with E-state index < -0.39 is 13.9 Å². The maximum atomic E-state index is 14.0. The molecule has 2 heterocycles. The van der Waals surface area contributed by atoms with Gasteiger partial charge in [0.25, 0.3) is 5.91 Å². The summed E-state index contributed by atoms with van der Waals surface area (Å²) in [7, 11) is -4.53. The standard InChI is InChI=1S/C24H31FN5O5P/c1-14-2-3-15(8-21(14)25)10-26-22-20(11-27-24(29-22)30-12-16-9-17(16)13-30)23(31)28-18-4-6-19(7-5-18)35-36(32,33)34/h2-3,8,11,16-19H,4-7,9-10,12-13H2,1H3,(H,28,31)(H,26,27,29)(H2,32,33,34)/t16?,17?,18-,19-. The molecule has 2 aliphatic carbocycles. The van der Waals surface area contributed by atoms with Gasteiger partial charge in [0.05, 0.1) is 6.10 Å². The van der Waals surface area contributed by atoms with E-state index in [9.17, 15) is 13.8 Å². The predicted octanol–water partition coefficient (Wildman–Crippen LogP) is 3.14. The SMILES string of the molecule is Cc1ccc(CNc2nc(N3CC4CC4C3)ncc2C(=O)N[C@H]2CC[C@H](OP(=O)(O)O)CC2)cc1F. The van der Waals surface area contributed by atoms with Gasteiger partial charge in [-0.05, 0) is 68.1 Å². The quantitative estimate of drug-likeness (QED) is 0.388. The molecule has 3 aliphatic rings. The molecule has 0 radical (unpaired) electrons. The molecule has 5 rings (SSSR count). The average molecular weight is 520 g/mol. The molecule has 0 spiro atoms. The van der Waals surface area contributed by atoms with E-state index in [1.165, 1.54) is 18.7 Å². The molecule has 1 aromatic carbocycles. The third kappa shape index (κ3) is 6.03. The number of phosphoric ester groups is 1. The highest BCUT2D eigenvalue weighted by atomic mass is 31.2. The Morgan fingerprint density at radius 2 is 1.94 bits per heavy atom. The van der Waals surface area contributed by atoms with Crippen LogP contribution in [0.3, 0.4) is 0 Å². The van der Waals surface area contributed by atoms with Crippen molar-refractivity contribution in [2.75, 3.05) is 23.3 Å². The van der Waals surface area contributed by atoms with Crippen molar-refractivity contribution in [3.05, 3.63) is 46.9 Å². The molecule has 36 heavy (non-hydrogen) atoms. The Bertz CT molecular complexity index is 1180. The highest BCUT2D eigenvalue weighted by Crippen LogP contribution is 2.45. The Labute approximate surface area is 208 Å². The number of fused-ring (bicyclic) bond motifs is 1. The monoisotopic (exact) mass is 519 g/mol. The average Bonchev–Trinajstić information content (AvgIpc) is 3.44. The molecule has 3 fully saturated rings. The van der Waals surface area contributed by atoms with Gasteiger partial charge in [-0.1, -0.05) is 12.1 Å². The number of amides is 1. The van der Waals surface area contributed by atoms with Crippen LogP contribution in [0.25, 0.3) is 0 Å². The molecular formula is C24H31FN5O5P. The third-order valence-corrected chi connectivity index (χ3v) is 7.85. The van der Waals surface area contributed by atoms with E-state index in [1.807, 2.05) is 6.07 Å². The summed E-state index contributed by atoms with van der Waals surface area (Å²) in [5.74, 6) is 1.75. The molecule has 1 aliphatic heterocycles. The molecule has 2 unspecified atom stereocenters. The fourth-order valence-electron chi connectivity index (χ4n) is 5.09. The van der Waals surface area contributed by atoms with E-state index in [0.717, 1.165) is 18.7 Å². The lowest BCUT2D eigenvalue weighted by Gasteiger charge is -2.29. The summed E-state index contributed by atoms with van der Waals surface area (Å²) in [5, 5.41) is 6.20. The largest absolute Gasteiger partial charge is 0.469 e. The summed E-state index contributed by atoms with van der Waals surface area (Å²) < 4.78 is 29.9. The van der Waals surface area contributed by atoms with Gasteiger partial charge in [-0.15, -0.1) is 0 Å². The van der Waals surface area contributed by atoms with E-state index in [-0.39, 0.29) is 17.8 Å². The minimum atomic E-state index is -4.53. The van der Waals surface area contributed by atoms with Crippen molar-refractivity contribution in [2.45, 2.75) is 57.7 Å². The number of aryl methyl sites for hydroxylation is 1. The zero-order valence-corrected chi connectivity index (χ0v) is 21.0. The topological polar surface area (TPSA) is 137 Å². The number of hydrogen-bond donors (Lipinski definition) is 4. The van der Waals surface area contributed by atoms with Crippen molar-refractivity contribution in [1.82, 2.24) is 15.3 Å². The zero-order chi connectivity index (χ0) is 25.4. The zero-order valence-electron chi connectivity index (χ0n) is 20.1. The smallest absolute Gasteiger partial charge is 0.365 e. The fraction of sp³-hybridized carbons (Fsp3) is 0.542. The molecule has 194 valence electrons. The second-order valence-electron chi connectivity index (χ2n) is 10.1. The molecule has 12 heteroatoms. The molecule has 1 aromatic heterocycles. The normalized spacial score (nSPS) is 25.4. The van der Waals surface area contributed by atoms with Crippen molar-refractivity contribution >= 4 is 25.5 Å². The lowest BCUT2D eigenvalue weighted by atomic mass is 9.93. The van der Waals surface area contributed by atoms with E-state index in [4.69, 9.17) is 14.3 Å². The van der Waals surface area contributed by atoms with Crippen LogP contribution < -0.4 is 15.5 Å². The molecular weight excluding hydrogens is 488 g/mol. The van der Waals surface area contributed by atoms with Gasteiger partial charge in [0.2, 0.25) is 5.95 Å². The second-order valence-corrected chi connectivity index (χ2v) is 11.3. The number of phosphoric acid groups is 1. The molecule has 2 aromatic rings. The highest BCUT2D eigenvalue weighted by Gasteiger charge is 2.46. The number of piperidine rings is 1. The van der Waals surface area contributed by atoms with Crippen molar-refractivity contribution in [1.29, 1.82) is 0 Å². The van der Waals surface area contributed by atoms with Crippen LogP contribution in [0, 0.1) is 24.6 Å². The number of carbonyl (C=O) groups is 1. The first-order valence-electron chi connectivity index (χ1n) is 12.3. The van der Waals surface area contributed by atoms with Gasteiger partial charge < -0.3 is 25.3 Å². The Balaban J connectivity index is 1.28. The van der Waals surface area contributed by atoms with Crippen molar-refractivity contribution in [3.63, 3.8) is 0 Å². The molecule has 10 nitrogen and oxygen atoms in total. The highest BCUT2D eigenvalue weighted by molar-refractivity contribution is 7.46. The lowest BCUT2D eigenvalue weighted by molar-refractivity contribution is 0.0820. The third-order valence-electron chi connectivity index (χ3n) is 7.27. The number of rotatable bonds is 8. The number of hydrogen-bond acceptors (Lipinski definition) is 7. The molecule has 2 atom stereocenters. The first-order chi connectivity index (χ1) is 17.1. The van der Waals surface area contributed by atoms with E-state index in [1.54, 1.807) is 13.0 Å². The molecule has 1 saturated heterocycles. The Morgan fingerprint density at radius 1 is 1.22 bits per heavy atom. The maximum Gasteiger partial charge on any atom is 0.469 e. The molecule has 4 N–H and O–H groups in total. The fourth-order valence-corrected chi connectivity index (χ4v) is 5.69. The minimum Gasteiger partial charge on any atom is -0.365 e. The van der Waals surface area contributed by atoms with E-state index in [0.29, 0.717) is 67.0 Å². The van der Waals surface area contributed by atoms with Crippen LogP contribution in [0.5, 0.6) is 0 Å². The van der Waals surface area contributed by atoms with Gasteiger partial charge in [0.15, 0.2) is 0 Å². The Kier molecular flexibility index (Phi) is 7.00. The number of halogens is 1. The predicted molar refractivity (Wildman–Crippen MR) is 131 cm³/mol. The summed E-state index contributed by atoms with van der Waals surface area (Å²) in [6.45, 7) is 3.83. The van der Waals surface area contributed by atoms with Crippen LogP contribution in [0.2, 0.25) is 0 Å². The van der Waals surface area contributed by atoms with Gasteiger partial charge >= 0.3 is 7.82 Å². The van der Waals surface area contributed by atoms with Crippen LogP contribution >= 0.6 is 7.82 Å². The first kappa shape index (κ1) is 25.1. The number of carbonyl (C=O) groups excluding carboxylic acids is 1. The summed E-state index contributed by atoms with van der Waals surface area (Å²) in [4.78, 5) is 42.5. The van der Waals surface area contributed by atoms with Gasteiger partial charge in [-0.25, -0.2) is 13.9 Å². The van der Waals surface area contributed by atoms with Crippen LogP contribution in [0.15, 0.2) is 24.4 Å².